The van der Waals surface area contributed by atoms with Crippen LogP contribution in [-0.2, 0) is 0 Å². The highest BCUT2D eigenvalue weighted by molar-refractivity contribution is 5.07. The van der Waals surface area contributed by atoms with Crippen LogP contribution in [0.2, 0.25) is 0 Å². The highest BCUT2D eigenvalue weighted by Gasteiger charge is 2.18. The Balaban J connectivity index is 2.59. The Morgan fingerprint density at radius 3 is 2.90 bits per heavy atom. The molecule has 1 aliphatic carbocycles. The molecule has 0 aromatic rings. The molecule has 10 heavy (non-hydrogen) atoms. The number of aliphatic hydroxyl groups is 1. The van der Waals surface area contributed by atoms with Gasteiger partial charge in [0.1, 0.15) is 0 Å². The van der Waals surface area contributed by atoms with E-state index in [0.29, 0.717) is 5.92 Å². The molecule has 0 amide bonds. The van der Waals surface area contributed by atoms with Gasteiger partial charge in [-0.25, -0.2) is 0 Å². The highest BCUT2D eigenvalue weighted by atomic mass is 16.3. The van der Waals surface area contributed by atoms with Crippen molar-refractivity contribution >= 4 is 0 Å². The summed E-state index contributed by atoms with van der Waals surface area (Å²) in [7, 11) is 0. The highest BCUT2D eigenvalue weighted by Crippen LogP contribution is 2.24. The Labute approximate surface area is 62.8 Å². The van der Waals surface area contributed by atoms with Gasteiger partial charge in [-0.3, -0.25) is 0 Å². The number of aliphatic hydroxyl groups excluding tert-OH is 1. The van der Waals surface area contributed by atoms with Crippen LogP contribution in [0.3, 0.4) is 0 Å². The van der Waals surface area contributed by atoms with Crippen molar-refractivity contribution in [3.05, 3.63) is 11.6 Å². The molecule has 0 aromatic carbocycles. The van der Waals surface area contributed by atoms with E-state index in [4.69, 9.17) is 0 Å². The van der Waals surface area contributed by atoms with Crippen LogP contribution in [0.4, 0.5) is 0 Å². The Bertz CT molecular complexity index is 138. The molecule has 1 rings (SSSR count). The molecule has 58 valence electrons. The van der Waals surface area contributed by atoms with E-state index in [1.54, 1.807) is 0 Å². The fraction of sp³-hybridized carbons (Fsp3) is 0.778. The van der Waals surface area contributed by atoms with Crippen LogP contribution < -0.4 is 0 Å². The number of rotatable bonds is 1. The van der Waals surface area contributed by atoms with Gasteiger partial charge >= 0.3 is 0 Å². The van der Waals surface area contributed by atoms with Gasteiger partial charge in [-0.15, -0.1) is 0 Å². The third kappa shape index (κ3) is 1.60. The van der Waals surface area contributed by atoms with Crippen molar-refractivity contribution in [1.29, 1.82) is 0 Å². The van der Waals surface area contributed by atoms with Crippen LogP contribution in [0.15, 0.2) is 11.6 Å². The minimum absolute atomic E-state index is 0.0753. The second-order valence-electron chi connectivity index (χ2n) is 3.19. The molecule has 0 bridgehead atoms. The summed E-state index contributed by atoms with van der Waals surface area (Å²) in [5, 5.41) is 9.44. The maximum absolute atomic E-state index is 9.44. The maximum Gasteiger partial charge on any atom is 0.0605 e. The molecule has 0 saturated heterocycles. The summed E-state index contributed by atoms with van der Waals surface area (Å²) in [6.45, 7) is 4.28. The van der Waals surface area contributed by atoms with Crippen molar-refractivity contribution in [2.45, 2.75) is 39.2 Å². The van der Waals surface area contributed by atoms with E-state index < -0.39 is 0 Å². The van der Waals surface area contributed by atoms with Crippen molar-refractivity contribution in [2.75, 3.05) is 0 Å². The fourth-order valence-electron chi connectivity index (χ4n) is 1.54. The van der Waals surface area contributed by atoms with E-state index >= 15 is 0 Å². The number of hydrogen-bond donors (Lipinski definition) is 1. The Morgan fingerprint density at radius 1 is 1.70 bits per heavy atom. The van der Waals surface area contributed by atoms with Crippen molar-refractivity contribution in [2.24, 2.45) is 5.92 Å². The Kier molecular flexibility index (Phi) is 2.50. The first-order valence-corrected chi connectivity index (χ1v) is 4.09. The zero-order valence-corrected chi connectivity index (χ0v) is 6.80. The topological polar surface area (TPSA) is 20.2 Å². The normalized spacial score (nSPS) is 33.7. The van der Waals surface area contributed by atoms with E-state index in [1.807, 2.05) is 0 Å². The third-order valence-corrected chi connectivity index (χ3v) is 2.30. The number of hydrogen-bond acceptors (Lipinski definition) is 1. The predicted octanol–water partition coefficient (Wildman–Crippen LogP) is 2.11. The standard InChI is InChI=1S/C9H16O/c1-3-8-6-7(2)4-5-9(8)10/h6,8-10H,3-5H2,1-2H3. The van der Waals surface area contributed by atoms with Crippen molar-refractivity contribution in [1.82, 2.24) is 0 Å². The molecule has 0 saturated carbocycles. The molecular formula is C9H16O. The lowest BCUT2D eigenvalue weighted by Crippen LogP contribution is -2.21. The summed E-state index contributed by atoms with van der Waals surface area (Å²) < 4.78 is 0. The number of allylic oxidation sites excluding steroid dienone is 1. The monoisotopic (exact) mass is 140 g/mol. The van der Waals surface area contributed by atoms with Crippen LogP contribution in [0.1, 0.15) is 33.1 Å². The van der Waals surface area contributed by atoms with Gasteiger partial charge in [0.2, 0.25) is 0 Å². The van der Waals surface area contributed by atoms with Crippen molar-refractivity contribution in [3.8, 4) is 0 Å². The van der Waals surface area contributed by atoms with Gasteiger partial charge in [0.25, 0.3) is 0 Å². The van der Waals surface area contributed by atoms with Gasteiger partial charge in [0.05, 0.1) is 6.10 Å². The van der Waals surface area contributed by atoms with Crippen LogP contribution >= 0.6 is 0 Å². The smallest absolute Gasteiger partial charge is 0.0605 e. The summed E-state index contributed by atoms with van der Waals surface area (Å²) in [4.78, 5) is 0. The first-order chi connectivity index (χ1) is 4.74. The van der Waals surface area contributed by atoms with Gasteiger partial charge in [0.15, 0.2) is 0 Å². The zero-order valence-electron chi connectivity index (χ0n) is 6.80. The summed E-state index contributed by atoms with van der Waals surface area (Å²) in [6.07, 6.45) is 5.25. The molecular weight excluding hydrogens is 124 g/mol. The lowest BCUT2D eigenvalue weighted by atomic mass is 9.87. The van der Waals surface area contributed by atoms with Crippen molar-refractivity contribution in [3.63, 3.8) is 0 Å². The molecule has 0 radical (unpaired) electrons. The first-order valence-electron chi connectivity index (χ1n) is 4.09. The summed E-state index contributed by atoms with van der Waals surface area (Å²) in [5.74, 6) is 0.425. The molecule has 1 aliphatic rings. The van der Waals surface area contributed by atoms with E-state index in [-0.39, 0.29) is 6.10 Å². The summed E-state index contributed by atoms with van der Waals surface area (Å²) in [6, 6.07) is 0. The average Bonchev–Trinajstić information content (AvgIpc) is 1.94. The first kappa shape index (κ1) is 7.80. The maximum atomic E-state index is 9.44. The van der Waals surface area contributed by atoms with Gasteiger partial charge in [0, 0.05) is 5.92 Å². The summed E-state index contributed by atoms with van der Waals surface area (Å²) in [5.41, 5.74) is 1.44. The van der Waals surface area contributed by atoms with Crippen LogP contribution in [-0.4, -0.2) is 11.2 Å². The molecule has 0 fully saturated rings. The molecule has 1 heteroatoms. The molecule has 0 heterocycles. The van der Waals surface area contributed by atoms with Gasteiger partial charge in [-0.1, -0.05) is 18.6 Å². The average molecular weight is 140 g/mol. The fourth-order valence-corrected chi connectivity index (χ4v) is 1.54. The molecule has 0 spiro atoms. The van der Waals surface area contributed by atoms with Crippen molar-refractivity contribution < 1.29 is 5.11 Å². The molecule has 1 nitrogen and oxygen atoms in total. The quantitative estimate of drug-likeness (QED) is 0.553. The van der Waals surface area contributed by atoms with E-state index in [1.165, 1.54) is 5.57 Å². The zero-order chi connectivity index (χ0) is 7.56. The predicted molar refractivity (Wildman–Crippen MR) is 42.8 cm³/mol. The molecule has 0 aromatic heterocycles. The Hall–Kier alpha value is -0.300. The van der Waals surface area contributed by atoms with Gasteiger partial charge in [-0.05, 0) is 26.2 Å². The Morgan fingerprint density at radius 2 is 2.40 bits per heavy atom. The van der Waals surface area contributed by atoms with Crippen LogP contribution in [0.5, 0.6) is 0 Å². The van der Waals surface area contributed by atoms with Crippen LogP contribution in [0.25, 0.3) is 0 Å². The third-order valence-electron chi connectivity index (χ3n) is 2.30. The summed E-state index contributed by atoms with van der Waals surface area (Å²) >= 11 is 0. The van der Waals surface area contributed by atoms with Gasteiger partial charge < -0.3 is 5.11 Å². The van der Waals surface area contributed by atoms with Crippen LogP contribution in [0, 0.1) is 5.92 Å². The molecule has 0 aliphatic heterocycles. The lowest BCUT2D eigenvalue weighted by molar-refractivity contribution is 0.112. The van der Waals surface area contributed by atoms with E-state index in [9.17, 15) is 5.11 Å². The SMILES string of the molecule is CCC1C=C(C)CCC1O. The van der Waals surface area contributed by atoms with E-state index in [0.717, 1.165) is 19.3 Å². The molecule has 2 atom stereocenters. The molecule has 1 N–H and O–H groups in total. The van der Waals surface area contributed by atoms with E-state index in [2.05, 4.69) is 19.9 Å². The van der Waals surface area contributed by atoms with Gasteiger partial charge in [-0.2, -0.15) is 0 Å². The minimum atomic E-state index is -0.0753. The minimum Gasteiger partial charge on any atom is -0.393 e. The lowest BCUT2D eigenvalue weighted by Gasteiger charge is -2.23. The second kappa shape index (κ2) is 3.20. The molecule has 2 unspecified atom stereocenters. The second-order valence-corrected chi connectivity index (χ2v) is 3.19. The largest absolute Gasteiger partial charge is 0.393 e.